The zero-order valence-electron chi connectivity index (χ0n) is 13.6. The Bertz CT molecular complexity index is 512. The van der Waals surface area contributed by atoms with Gasteiger partial charge in [0.05, 0.1) is 12.1 Å². The van der Waals surface area contributed by atoms with Crippen LogP contribution in [0, 0.1) is 0 Å². The second kappa shape index (κ2) is 7.67. The summed E-state index contributed by atoms with van der Waals surface area (Å²) in [4.78, 5) is 2.52. The first-order valence-electron chi connectivity index (χ1n) is 8.60. The number of ether oxygens (including phenoxy) is 1. The van der Waals surface area contributed by atoms with E-state index < -0.39 is 0 Å². The lowest BCUT2D eigenvalue weighted by molar-refractivity contribution is 0.243. The maximum absolute atomic E-state index is 6.68. The third kappa shape index (κ3) is 3.58. The van der Waals surface area contributed by atoms with Crippen LogP contribution >= 0.6 is 11.6 Å². The molecule has 1 aromatic rings. The fourth-order valence-corrected chi connectivity index (χ4v) is 4.10. The molecule has 2 aliphatic rings. The van der Waals surface area contributed by atoms with Gasteiger partial charge < -0.3 is 15.0 Å². The molecule has 0 saturated carbocycles. The molecule has 0 spiro atoms. The van der Waals surface area contributed by atoms with E-state index in [1.165, 1.54) is 42.4 Å². The van der Waals surface area contributed by atoms with Gasteiger partial charge in [-0.2, -0.15) is 0 Å². The average Bonchev–Trinajstić information content (AvgIpc) is 2.79. The maximum atomic E-state index is 6.68. The molecule has 0 unspecified atom stereocenters. The predicted molar refractivity (Wildman–Crippen MR) is 92.3 cm³/mol. The van der Waals surface area contributed by atoms with Crippen molar-refractivity contribution in [1.82, 2.24) is 10.2 Å². The number of nitrogens with zero attached hydrogens (tertiary/aromatic N) is 1. The fourth-order valence-electron chi connectivity index (χ4n) is 3.69. The first-order valence-corrected chi connectivity index (χ1v) is 8.97. The van der Waals surface area contributed by atoms with Crippen molar-refractivity contribution < 1.29 is 4.74 Å². The number of fused-ring (bicyclic) bond motifs is 1. The molecule has 0 atom stereocenters. The van der Waals surface area contributed by atoms with Crippen molar-refractivity contribution >= 4 is 11.6 Å². The Morgan fingerprint density at radius 1 is 1.18 bits per heavy atom. The maximum Gasteiger partial charge on any atom is 0.140 e. The molecule has 3 nitrogen and oxygen atoms in total. The zero-order chi connectivity index (χ0) is 15.4. The number of hydrogen-bond acceptors (Lipinski definition) is 3. The molecule has 22 heavy (non-hydrogen) atoms. The van der Waals surface area contributed by atoms with Crippen molar-refractivity contribution in [3.05, 3.63) is 27.8 Å². The summed E-state index contributed by atoms with van der Waals surface area (Å²) in [6.45, 7) is 5.57. The second-order valence-electron chi connectivity index (χ2n) is 6.42. The Morgan fingerprint density at radius 3 is 2.73 bits per heavy atom. The molecule has 1 aliphatic carbocycles. The first kappa shape index (κ1) is 16.1. The Hall–Kier alpha value is -0.770. The lowest BCUT2D eigenvalue weighted by Crippen LogP contribution is -2.44. The quantitative estimate of drug-likeness (QED) is 0.862. The number of hydrogen-bond donors (Lipinski definition) is 1. The standard InChI is InChI=1S/C18H27ClN2O/c1-22-18-15(7-10-21-11-8-20-9-12-21)13-14-5-3-2-4-6-16(14)17(18)19/h13,20H,2-12H2,1H3. The second-order valence-corrected chi connectivity index (χ2v) is 6.80. The Balaban J connectivity index is 1.79. The summed E-state index contributed by atoms with van der Waals surface area (Å²) in [5.41, 5.74) is 4.08. The van der Waals surface area contributed by atoms with Crippen molar-refractivity contribution in [3.8, 4) is 5.75 Å². The van der Waals surface area contributed by atoms with Crippen LogP contribution in [0.5, 0.6) is 5.75 Å². The molecule has 3 rings (SSSR count). The van der Waals surface area contributed by atoms with Gasteiger partial charge >= 0.3 is 0 Å². The number of halogens is 1. The van der Waals surface area contributed by atoms with E-state index in [9.17, 15) is 0 Å². The van der Waals surface area contributed by atoms with E-state index in [4.69, 9.17) is 16.3 Å². The van der Waals surface area contributed by atoms with E-state index in [2.05, 4.69) is 16.3 Å². The first-order chi connectivity index (χ1) is 10.8. The topological polar surface area (TPSA) is 24.5 Å². The van der Waals surface area contributed by atoms with E-state index in [-0.39, 0.29) is 0 Å². The summed E-state index contributed by atoms with van der Waals surface area (Å²) in [5, 5.41) is 4.28. The van der Waals surface area contributed by atoms with Crippen LogP contribution in [0.2, 0.25) is 5.02 Å². The SMILES string of the molecule is COc1c(CCN2CCNCC2)cc2c(c1Cl)CCCCC2. The van der Waals surface area contributed by atoms with E-state index in [1.54, 1.807) is 7.11 Å². The molecule has 0 radical (unpaired) electrons. The van der Waals surface area contributed by atoms with Gasteiger partial charge in [0, 0.05) is 32.7 Å². The van der Waals surface area contributed by atoms with Crippen LogP contribution < -0.4 is 10.1 Å². The molecule has 0 aromatic heterocycles. The molecule has 4 heteroatoms. The Labute approximate surface area is 139 Å². The summed E-state index contributed by atoms with van der Waals surface area (Å²) < 4.78 is 5.66. The van der Waals surface area contributed by atoms with Gasteiger partial charge in [-0.3, -0.25) is 0 Å². The summed E-state index contributed by atoms with van der Waals surface area (Å²) in [6, 6.07) is 2.37. The van der Waals surface area contributed by atoms with Crippen LogP contribution in [0.25, 0.3) is 0 Å². The van der Waals surface area contributed by atoms with E-state index in [0.29, 0.717) is 0 Å². The Kier molecular flexibility index (Phi) is 5.61. The summed E-state index contributed by atoms with van der Waals surface area (Å²) in [7, 11) is 1.75. The van der Waals surface area contributed by atoms with Gasteiger partial charge in [-0.25, -0.2) is 0 Å². The van der Waals surface area contributed by atoms with Crippen molar-refractivity contribution in [3.63, 3.8) is 0 Å². The molecular formula is C18H27ClN2O. The van der Waals surface area contributed by atoms with E-state index in [1.807, 2.05) is 0 Å². The van der Waals surface area contributed by atoms with Crippen LogP contribution in [0.4, 0.5) is 0 Å². The van der Waals surface area contributed by atoms with Crippen LogP contribution in [-0.4, -0.2) is 44.7 Å². The number of methoxy groups -OCH3 is 1. The number of piperazine rings is 1. The molecule has 1 N–H and O–H groups in total. The third-order valence-corrected chi connectivity index (χ3v) is 5.38. The Morgan fingerprint density at radius 2 is 1.95 bits per heavy atom. The fraction of sp³-hybridized carbons (Fsp3) is 0.667. The molecule has 1 heterocycles. The van der Waals surface area contributed by atoms with Gasteiger partial charge in [0.15, 0.2) is 0 Å². The van der Waals surface area contributed by atoms with Gasteiger partial charge in [-0.05, 0) is 48.8 Å². The van der Waals surface area contributed by atoms with Crippen molar-refractivity contribution in [2.75, 3.05) is 39.8 Å². The van der Waals surface area contributed by atoms with Crippen LogP contribution in [-0.2, 0) is 19.3 Å². The minimum atomic E-state index is 0.872. The molecule has 1 fully saturated rings. The van der Waals surface area contributed by atoms with Crippen molar-refractivity contribution in [2.45, 2.75) is 38.5 Å². The molecule has 1 saturated heterocycles. The van der Waals surface area contributed by atoms with Crippen molar-refractivity contribution in [2.24, 2.45) is 0 Å². The number of aryl methyl sites for hydroxylation is 1. The number of benzene rings is 1. The van der Waals surface area contributed by atoms with Crippen molar-refractivity contribution in [1.29, 1.82) is 0 Å². The molecule has 1 aromatic carbocycles. The van der Waals surface area contributed by atoms with Crippen LogP contribution in [0.1, 0.15) is 36.0 Å². The largest absolute Gasteiger partial charge is 0.495 e. The highest BCUT2D eigenvalue weighted by Gasteiger charge is 2.19. The van der Waals surface area contributed by atoms with Gasteiger partial charge in [0.1, 0.15) is 5.75 Å². The highest BCUT2D eigenvalue weighted by molar-refractivity contribution is 6.33. The average molecular weight is 323 g/mol. The van der Waals surface area contributed by atoms with E-state index >= 15 is 0 Å². The third-order valence-electron chi connectivity index (χ3n) is 4.98. The van der Waals surface area contributed by atoms with Gasteiger partial charge in [-0.1, -0.05) is 24.1 Å². The van der Waals surface area contributed by atoms with Gasteiger partial charge in [-0.15, -0.1) is 0 Å². The smallest absolute Gasteiger partial charge is 0.140 e. The molecule has 0 bridgehead atoms. The normalized spacial score (nSPS) is 19.5. The zero-order valence-corrected chi connectivity index (χ0v) is 14.3. The molecule has 122 valence electrons. The minimum Gasteiger partial charge on any atom is -0.495 e. The predicted octanol–water partition coefficient (Wildman–Crippen LogP) is 3.07. The van der Waals surface area contributed by atoms with Crippen LogP contribution in [0.3, 0.4) is 0 Å². The molecule has 1 aliphatic heterocycles. The van der Waals surface area contributed by atoms with Gasteiger partial charge in [0.2, 0.25) is 0 Å². The number of rotatable bonds is 4. The monoisotopic (exact) mass is 322 g/mol. The number of nitrogens with one attached hydrogen (secondary N) is 1. The lowest BCUT2D eigenvalue weighted by atomic mass is 9.97. The lowest BCUT2D eigenvalue weighted by Gasteiger charge is -2.27. The summed E-state index contributed by atoms with van der Waals surface area (Å²) >= 11 is 6.68. The van der Waals surface area contributed by atoms with E-state index in [0.717, 1.165) is 56.3 Å². The highest BCUT2D eigenvalue weighted by atomic mass is 35.5. The minimum absolute atomic E-state index is 0.872. The molecular weight excluding hydrogens is 296 g/mol. The van der Waals surface area contributed by atoms with Gasteiger partial charge in [0.25, 0.3) is 0 Å². The highest BCUT2D eigenvalue weighted by Crippen LogP contribution is 2.37. The summed E-state index contributed by atoms with van der Waals surface area (Å²) in [6.07, 6.45) is 7.13. The molecule has 0 amide bonds. The summed E-state index contributed by atoms with van der Waals surface area (Å²) in [5.74, 6) is 0.914. The van der Waals surface area contributed by atoms with Crippen LogP contribution in [0.15, 0.2) is 6.07 Å².